The zero-order chi connectivity index (χ0) is 13.2. The molecule has 0 atom stereocenters. The highest BCUT2D eigenvalue weighted by Crippen LogP contribution is 2.31. The predicted molar refractivity (Wildman–Crippen MR) is 79.6 cm³/mol. The number of thiazole rings is 2. The van der Waals surface area contributed by atoms with E-state index in [-0.39, 0.29) is 0 Å². The summed E-state index contributed by atoms with van der Waals surface area (Å²) in [6.07, 6.45) is 0. The molecule has 4 nitrogen and oxygen atoms in total. The Morgan fingerprint density at radius 3 is 2.68 bits per heavy atom. The molecule has 96 valence electrons. The minimum Gasteiger partial charge on any atom is -0.497 e. The van der Waals surface area contributed by atoms with Gasteiger partial charge in [-0.3, -0.25) is 0 Å². The Morgan fingerprint density at radius 1 is 1.11 bits per heavy atom. The second-order valence-electron chi connectivity index (χ2n) is 3.84. The Bertz CT molecular complexity index is 705. The molecule has 3 rings (SSSR count). The average molecular weight is 289 g/mol. The Kier molecular flexibility index (Phi) is 3.18. The van der Waals surface area contributed by atoms with Crippen LogP contribution in [0.2, 0.25) is 0 Å². The monoisotopic (exact) mass is 289 g/mol. The first-order valence-electron chi connectivity index (χ1n) is 5.57. The molecule has 0 aliphatic rings. The van der Waals surface area contributed by atoms with Crippen LogP contribution in [0.5, 0.6) is 5.75 Å². The van der Waals surface area contributed by atoms with Crippen LogP contribution in [0.25, 0.3) is 22.0 Å². The smallest absolute Gasteiger partial charge is 0.180 e. The van der Waals surface area contributed by atoms with E-state index in [0.29, 0.717) is 5.13 Å². The highest BCUT2D eigenvalue weighted by molar-refractivity contribution is 7.15. The number of benzene rings is 1. The van der Waals surface area contributed by atoms with Crippen LogP contribution in [-0.2, 0) is 0 Å². The maximum atomic E-state index is 5.64. The van der Waals surface area contributed by atoms with E-state index < -0.39 is 0 Å². The molecule has 6 heteroatoms. The molecule has 0 saturated heterocycles. The van der Waals surface area contributed by atoms with Crippen LogP contribution in [0, 0.1) is 0 Å². The van der Waals surface area contributed by atoms with E-state index in [1.54, 1.807) is 18.4 Å². The maximum absolute atomic E-state index is 5.64. The maximum Gasteiger partial charge on any atom is 0.180 e. The molecule has 1 aromatic carbocycles. The lowest BCUT2D eigenvalue weighted by atomic mass is 10.2. The van der Waals surface area contributed by atoms with Crippen molar-refractivity contribution in [1.82, 2.24) is 9.97 Å². The Hall–Kier alpha value is -1.92. The molecular formula is C13H11N3OS2. The molecule has 0 unspecified atom stereocenters. The SMILES string of the molecule is COc1cccc(-c2csc(-c3csc(N)n3)n2)c1. The minimum atomic E-state index is 0.563. The number of aromatic nitrogens is 2. The van der Waals surface area contributed by atoms with Crippen molar-refractivity contribution < 1.29 is 4.74 Å². The number of anilines is 1. The summed E-state index contributed by atoms with van der Waals surface area (Å²) >= 11 is 2.98. The first-order chi connectivity index (χ1) is 9.26. The first kappa shape index (κ1) is 12.1. The first-order valence-corrected chi connectivity index (χ1v) is 7.33. The van der Waals surface area contributed by atoms with Gasteiger partial charge in [0.05, 0.1) is 12.8 Å². The number of rotatable bonds is 3. The largest absolute Gasteiger partial charge is 0.497 e. The van der Waals surface area contributed by atoms with E-state index >= 15 is 0 Å². The van der Waals surface area contributed by atoms with Gasteiger partial charge < -0.3 is 10.5 Å². The van der Waals surface area contributed by atoms with Crippen molar-refractivity contribution in [2.75, 3.05) is 12.8 Å². The Balaban J connectivity index is 1.96. The van der Waals surface area contributed by atoms with Gasteiger partial charge in [0.1, 0.15) is 16.5 Å². The number of nitrogen functional groups attached to an aromatic ring is 1. The van der Waals surface area contributed by atoms with Crippen molar-refractivity contribution in [2.24, 2.45) is 0 Å². The second kappa shape index (κ2) is 4.99. The van der Waals surface area contributed by atoms with Gasteiger partial charge in [-0.15, -0.1) is 22.7 Å². The zero-order valence-electron chi connectivity index (χ0n) is 10.2. The quantitative estimate of drug-likeness (QED) is 0.801. The third-order valence-corrected chi connectivity index (χ3v) is 4.15. The summed E-state index contributed by atoms with van der Waals surface area (Å²) in [6.45, 7) is 0. The Morgan fingerprint density at radius 2 is 1.95 bits per heavy atom. The highest BCUT2D eigenvalue weighted by Gasteiger charge is 2.09. The molecule has 19 heavy (non-hydrogen) atoms. The number of ether oxygens (including phenoxy) is 1. The standard InChI is InChI=1S/C13H11N3OS2/c1-17-9-4-2-3-8(5-9)10-6-18-12(15-10)11-7-19-13(14)16-11/h2-7H,1H3,(H2,14,16). The van der Waals surface area contributed by atoms with Gasteiger partial charge in [0.25, 0.3) is 0 Å². The number of hydrogen-bond acceptors (Lipinski definition) is 6. The molecule has 0 bridgehead atoms. The summed E-state index contributed by atoms with van der Waals surface area (Å²) in [7, 11) is 1.66. The molecule has 0 fully saturated rings. The van der Waals surface area contributed by atoms with Gasteiger partial charge >= 0.3 is 0 Å². The molecule has 0 aliphatic heterocycles. The van der Waals surface area contributed by atoms with Crippen molar-refractivity contribution in [1.29, 1.82) is 0 Å². The van der Waals surface area contributed by atoms with E-state index in [1.165, 1.54) is 11.3 Å². The van der Waals surface area contributed by atoms with Crippen molar-refractivity contribution in [3.05, 3.63) is 35.0 Å². The third-order valence-electron chi connectivity index (χ3n) is 2.61. The summed E-state index contributed by atoms with van der Waals surface area (Å²) in [6, 6.07) is 7.84. The summed E-state index contributed by atoms with van der Waals surface area (Å²) in [5, 5.41) is 5.38. The fourth-order valence-electron chi connectivity index (χ4n) is 1.69. The van der Waals surface area contributed by atoms with Crippen LogP contribution >= 0.6 is 22.7 Å². The van der Waals surface area contributed by atoms with Gasteiger partial charge in [-0.2, -0.15) is 0 Å². The van der Waals surface area contributed by atoms with E-state index in [2.05, 4.69) is 9.97 Å². The van der Waals surface area contributed by atoms with E-state index in [4.69, 9.17) is 10.5 Å². The van der Waals surface area contributed by atoms with E-state index in [1.807, 2.05) is 35.0 Å². The normalized spacial score (nSPS) is 10.6. The van der Waals surface area contributed by atoms with Crippen molar-refractivity contribution in [3.8, 4) is 27.7 Å². The van der Waals surface area contributed by atoms with Crippen LogP contribution in [0.15, 0.2) is 35.0 Å². The van der Waals surface area contributed by atoms with Gasteiger partial charge in [-0.05, 0) is 12.1 Å². The number of methoxy groups -OCH3 is 1. The lowest BCUT2D eigenvalue weighted by Gasteiger charge is -2.01. The van der Waals surface area contributed by atoms with Crippen molar-refractivity contribution in [3.63, 3.8) is 0 Å². The lowest BCUT2D eigenvalue weighted by Crippen LogP contribution is -1.85. The van der Waals surface area contributed by atoms with E-state index in [9.17, 15) is 0 Å². The topological polar surface area (TPSA) is 61.0 Å². The summed E-state index contributed by atoms with van der Waals surface area (Å²) in [5.41, 5.74) is 8.43. The average Bonchev–Trinajstić information content (AvgIpc) is 3.07. The molecule has 2 aromatic heterocycles. The molecule has 0 spiro atoms. The van der Waals surface area contributed by atoms with E-state index in [0.717, 1.165) is 27.7 Å². The van der Waals surface area contributed by atoms with Crippen LogP contribution in [0.3, 0.4) is 0 Å². The summed E-state index contributed by atoms with van der Waals surface area (Å²) < 4.78 is 5.22. The van der Waals surface area contributed by atoms with Gasteiger partial charge in [-0.1, -0.05) is 12.1 Å². The van der Waals surface area contributed by atoms with Crippen molar-refractivity contribution in [2.45, 2.75) is 0 Å². The molecular weight excluding hydrogens is 278 g/mol. The number of hydrogen-bond donors (Lipinski definition) is 1. The molecule has 0 saturated carbocycles. The molecule has 2 N–H and O–H groups in total. The van der Waals surface area contributed by atoms with Gasteiger partial charge in [-0.25, -0.2) is 9.97 Å². The van der Waals surface area contributed by atoms with Crippen LogP contribution in [0.1, 0.15) is 0 Å². The second-order valence-corrected chi connectivity index (χ2v) is 5.59. The van der Waals surface area contributed by atoms with Crippen molar-refractivity contribution >= 4 is 27.8 Å². The lowest BCUT2D eigenvalue weighted by molar-refractivity contribution is 0.415. The molecule has 0 amide bonds. The third kappa shape index (κ3) is 2.45. The molecule has 2 heterocycles. The fourth-order valence-corrected chi connectivity index (χ4v) is 3.10. The molecule has 0 radical (unpaired) electrons. The molecule has 3 aromatic rings. The minimum absolute atomic E-state index is 0.563. The van der Waals surface area contributed by atoms with Gasteiger partial charge in [0.15, 0.2) is 5.13 Å². The predicted octanol–water partition coefficient (Wildman–Crippen LogP) is 3.52. The summed E-state index contributed by atoms with van der Waals surface area (Å²) in [5.74, 6) is 0.824. The zero-order valence-corrected chi connectivity index (χ0v) is 11.8. The van der Waals surface area contributed by atoms with Crippen LogP contribution < -0.4 is 10.5 Å². The molecule has 0 aliphatic carbocycles. The van der Waals surface area contributed by atoms with Crippen LogP contribution in [-0.4, -0.2) is 17.1 Å². The fraction of sp³-hybridized carbons (Fsp3) is 0.0769. The Labute approximate surface area is 118 Å². The summed E-state index contributed by atoms with van der Waals surface area (Å²) in [4.78, 5) is 8.83. The van der Waals surface area contributed by atoms with Gasteiger partial charge in [0.2, 0.25) is 0 Å². The van der Waals surface area contributed by atoms with Crippen LogP contribution in [0.4, 0.5) is 5.13 Å². The number of nitrogens with two attached hydrogens (primary N) is 1. The number of nitrogens with zero attached hydrogens (tertiary/aromatic N) is 2. The van der Waals surface area contributed by atoms with Gasteiger partial charge in [0, 0.05) is 16.3 Å². The highest BCUT2D eigenvalue weighted by atomic mass is 32.1.